The van der Waals surface area contributed by atoms with Crippen molar-refractivity contribution in [2.45, 2.75) is 26.7 Å². The predicted molar refractivity (Wildman–Crippen MR) is 83.7 cm³/mol. The van der Waals surface area contributed by atoms with Gasteiger partial charge in [-0.2, -0.15) is 0 Å². The van der Waals surface area contributed by atoms with Crippen LogP contribution in [0.2, 0.25) is 0 Å². The second kappa shape index (κ2) is 6.47. The molecule has 0 fully saturated rings. The van der Waals surface area contributed by atoms with Crippen LogP contribution in [0.4, 0.5) is 0 Å². The summed E-state index contributed by atoms with van der Waals surface area (Å²) in [5.74, 6) is 1.70. The number of methoxy groups -OCH3 is 2. The van der Waals surface area contributed by atoms with Crippen LogP contribution in [-0.2, 0) is 6.42 Å². The van der Waals surface area contributed by atoms with Gasteiger partial charge in [-0.1, -0.05) is 43.2 Å². The van der Waals surface area contributed by atoms with E-state index in [9.17, 15) is 0 Å². The lowest BCUT2D eigenvalue weighted by Crippen LogP contribution is -1.97. The summed E-state index contributed by atoms with van der Waals surface area (Å²) < 4.78 is 11.1. The minimum Gasteiger partial charge on any atom is -0.496 e. The highest BCUT2D eigenvalue weighted by Gasteiger charge is 2.15. The lowest BCUT2D eigenvalue weighted by atomic mass is 9.94. The van der Waals surface area contributed by atoms with Crippen LogP contribution < -0.4 is 9.47 Å². The number of ether oxygens (including phenoxy) is 2. The van der Waals surface area contributed by atoms with Gasteiger partial charge in [-0.3, -0.25) is 0 Å². The summed E-state index contributed by atoms with van der Waals surface area (Å²) >= 11 is 0. The smallest absolute Gasteiger partial charge is 0.130 e. The number of benzene rings is 2. The molecule has 0 aromatic heterocycles. The standard InChI is InChI=1S/C18H22O2/c1-5-7-14-12-13(2)10-11-15(14)18-16(19-3)8-6-9-17(18)20-4/h6,8-12H,5,7H2,1-4H3. The second-order valence-corrected chi connectivity index (χ2v) is 4.95. The van der Waals surface area contributed by atoms with Crippen molar-refractivity contribution in [3.63, 3.8) is 0 Å². The van der Waals surface area contributed by atoms with E-state index < -0.39 is 0 Å². The van der Waals surface area contributed by atoms with Crippen molar-refractivity contribution in [1.29, 1.82) is 0 Å². The van der Waals surface area contributed by atoms with Crippen molar-refractivity contribution in [2.24, 2.45) is 0 Å². The molecule has 20 heavy (non-hydrogen) atoms. The Hall–Kier alpha value is -1.96. The highest BCUT2D eigenvalue weighted by atomic mass is 16.5. The minimum absolute atomic E-state index is 0.852. The van der Waals surface area contributed by atoms with Crippen LogP contribution >= 0.6 is 0 Å². The van der Waals surface area contributed by atoms with Gasteiger partial charge in [0, 0.05) is 0 Å². The first-order valence-electron chi connectivity index (χ1n) is 7.02. The molecule has 0 aliphatic rings. The Bertz CT molecular complexity index is 566. The molecule has 0 amide bonds. The van der Waals surface area contributed by atoms with Crippen LogP contribution in [0.1, 0.15) is 24.5 Å². The average molecular weight is 270 g/mol. The van der Waals surface area contributed by atoms with E-state index >= 15 is 0 Å². The number of rotatable bonds is 5. The van der Waals surface area contributed by atoms with Gasteiger partial charge in [0.2, 0.25) is 0 Å². The number of hydrogen-bond donors (Lipinski definition) is 0. The highest BCUT2D eigenvalue weighted by molar-refractivity contribution is 5.79. The first-order chi connectivity index (χ1) is 9.71. The van der Waals surface area contributed by atoms with Crippen LogP contribution in [0.5, 0.6) is 11.5 Å². The van der Waals surface area contributed by atoms with Gasteiger partial charge in [-0.25, -0.2) is 0 Å². The normalized spacial score (nSPS) is 10.4. The Morgan fingerprint density at radius 3 is 2.15 bits per heavy atom. The topological polar surface area (TPSA) is 18.5 Å². The molecule has 0 N–H and O–H groups in total. The van der Waals surface area contributed by atoms with E-state index in [1.54, 1.807) is 14.2 Å². The van der Waals surface area contributed by atoms with Crippen LogP contribution in [0, 0.1) is 6.92 Å². The van der Waals surface area contributed by atoms with E-state index in [2.05, 4.69) is 32.0 Å². The van der Waals surface area contributed by atoms with Crippen LogP contribution in [-0.4, -0.2) is 14.2 Å². The van der Waals surface area contributed by atoms with Gasteiger partial charge in [0.05, 0.1) is 19.8 Å². The maximum Gasteiger partial charge on any atom is 0.130 e. The molecular formula is C18H22O2. The molecule has 0 bridgehead atoms. The lowest BCUT2D eigenvalue weighted by molar-refractivity contribution is 0.397. The molecule has 0 saturated heterocycles. The maximum absolute atomic E-state index is 5.53. The van der Waals surface area contributed by atoms with E-state index in [1.165, 1.54) is 16.7 Å². The Kier molecular flexibility index (Phi) is 4.67. The molecule has 2 nitrogen and oxygen atoms in total. The largest absolute Gasteiger partial charge is 0.496 e. The predicted octanol–water partition coefficient (Wildman–Crippen LogP) is 4.63. The van der Waals surface area contributed by atoms with Gasteiger partial charge < -0.3 is 9.47 Å². The van der Waals surface area contributed by atoms with E-state index in [4.69, 9.17) is 9.47 Å². The molecule has 0 atom stereocenters. The third kappa shape index (κ3) is 2.79. The molecule has 0 radical (unpaired) electrons. The van der Waals surface area contributed by atoms with Crippen molar-refractivity contribution >= 4 is 0 Å². The maximum atomic E-state index is 5.53. The third-order valence-corrected chi connectivity index (χ3v) is 3.48. The minimum atomic E-state index is 0.852. The fourth-order valence-corrected chi connectivity index (χ4v) is 2.56. The highest BCUT2D eigenvalue weighted by Crippen LogP contribution is 2.40. The van der Waals surface area contributed by atoms with Crippen LogP contribution in [0.3, 0.4) is 0 Å². The van der Waals surface area contributed by atoms with E-state index in [0.717, 1.165) is 29.9 Å². The Morgan fingerprint density at radius 1 is 0.950 bits per heavy atom. The monoisotopic (exact) mass is 270 g/mol. The lowest BCUT2D eigenvalue weighted by Gasteiger charge is -2.16. The molecule has 106 valence electrons. The van der Waals surface area contributed by atoms with E-state index in [1.807, 2.05) is 18.2 Å². The Balaban J connectivity index is 2.67. The second-order valence-electron chi connectivity index (χ2n) is 4.95. The molecule has 2 aromatic rings. The zero-order valence-corrected chi connectivity index (χ0v) is 12.7. The van der Waals surface area contributed by atoms with Crippen molar-refractivity contribution < 1.29 is 9.47 Å². The first-order valence-corrected chi connectivity index (χ1v) is 7.02. The van der Waals surface area contributed by atoms with Crippen LogP contribution in [0.15, 0.2) is 36.4 Å². The Labute approximate surface area is 121 Å². The average Bonchev–Trinajstić information content (AvgIpc) is 2.47. The summed E-state index contributed by atoms with van der Waals surface area (Å²) in [4.78, 5) is 0. The molecule has 0 saturated carbocycles. The number of aryl methyl sites for hydroxylation is 2. The quantitative estimate of drug-likeness (QED) is 0.788. The van der Waals surface area contributed by atoms with Gasteiger partial charge in [0.15, 0.2) is 0 Å². The SMILES string of the molecule is CCCc1cc(C)ccc1-c1c(OC)cccc1OC. The third-order valence-electron chi connectivity index (χ3n) is 3.48. The van der Waals surface area contributed by atoms with Crippen LogP contribution in [0.25, 0.3) is 11.1 Å². The molecule has 0 unspecified atom stereocenters. The molecule has 0 spiro atoms. The summed E-state index contributed by atoms with van der Waals surface area (Å²) in [6.45, 7) is 4.33. The molecule has 0 heterocycles. The summed E-state index contributed by atoms with van der Waals surface area (Å²) in [5, 5.41) is 0. The summed E-state index contributed by atoms with van der Waals surface area (Å²) in [5.41, 5.74) is 4.87. The van der Waals surface area contributed by atoms with Gasteiger partial charge in [-0.15, -0.1) is 0 Å². The van der Waals surface area contributed by atoms with Crippen molar-refractivity contribution in [3.05, 3.63) is 47.5 Å². The molecule has 0 aliphatic heterocycles. The molecule has 2 heteroatoms. The van der Waals surface area contributed by atoms with Crippen molar-refractivity contribution in [2.75, 3.05) is 14.2 Å². The fraction of sp³-hybridized carbons (Fsp3) is 0.333. The fourth-order valence-electron chi connectivity index (χ4n) is 2.56. The summed E-state index contributed by atoms with van der Waals surface area (Å²) in [7, 11) is 3.40. The van der Waals surface area contributed by atoms with Gasteiger partial charge in [0.1, 0.15) is 11.5 Å². The zero-order valence-electron chi connectivity index (χ0n) is 12.7. The van der Waals surface area contributed by atoms with Gasteiger partial charge in [-0.05, 0) is 36.6 Å². The molecular weight excluding hydrogens is 248 g/mol. The van der Waals surface area contributed by atoms with Gasteiger partial charge in [0.25, 0.3) is 0 Å². The molecule has 2 aromatic carbocycles. The van der Waals surface area contributed by atoms with E-state index in [-0.39, 0.29) is 0 Å². The molecule has 0 aliphatic carbocycles. The summed E-state index contributed by atoms with van der Waals surface area (Å²) in [6.07, 6.45) is 2.17. The van der Waals surface area contributed by atoms with E-state index in [0.29, 0.717) is 0 Å². The van der Waals surface area contributed by atoms with Gasteiger partial charge >= 0.3 is 0 Å². The first kappa shape index (κ1) is 14.4. The van der Waals surface area contributed by atoms with Crippen molar-refractivity contribution in [1.82, 2.24) is 0 Å². The molecule has 2 rings (SSSR count). The number of hydrogen-bond acceptors (Lipinski definition) is 2. The van der Waals surface area contributed by atoms with Crippen molar-refractivity contribution in [3.8, 4) is 22.6 Å². The summed E-state index contributed by atoms with van der Waals surface area (Å²) in [6, 6.07) is 12.5. The zero-order chi connectivity index (χ0) is 14.5. The Morgan fingerprint density at radius 2 is 1.60 bits per heavy atom.